The molecular weight excluding hydrogens is 474 g/mol. The average Bonchev–Trinajstić information content (AvgIpc) is 3.50. The van der Waals surface area contributed by atoms with Gasteiger partial charge in [0.2, 0.25) is 17.7 Å². The van der Waals surface area contributed by atoms with Crippen LogP contribution < -0.4 is 10.6 Å². The molecule has 1 saturated carbocycles. The van der Waals surface area contributed by atoms with E-state index < -0.39 is 29.6 Å². The zero-order valence-electron chi connectivity index (χ0n) is 21.1. The van der Waals surface area contributed by atoms with E-state index in [1.165, 1.54) is 0 Å². The maximum atomic E-state index is 13.8. The number of benzene rings is 1. The number of ether oxygens (including phenoxy) is 1. The first kappa shape index (κ1) is 25.1. The van der Waals surface area contributed by atoms with Gasteiger partial charge in [-0.3, -0.25) is 14.4 Å². The molecule has 0 unspecified atom stereocenters. The number of hydrogen-bond acceptors (Lipinski definition) is 5. The van der Waals surface area contributed by atoms with E-state index in [0.717, 1.165) is 24.2 Å². The summed E-state index contributed by atoms with van der Waals surface area (Å²) in [5, 5.41) is 6.24. The van der Waals surface area contributed by atoms with Crippen LogP contribution in [0.5, 0.6) is 0 Å². The van der Waals surface area contributed by atoms with Crippen LogP contribution in [0.1, 0.15) is 33.1 Å². The third-order valence-electron chi connectivity index (χ3n) is 8.62. The molecule has 2 bridgehead atoms. The molecule has 0 aromatic heterocycles. The molecule has 4 aliphatic rings. The molecule has 8 heteroatoms. The molecule has 3 heterocycles. The highest BCUT2D eigenvalue weighted by Gasteiger charge is 2.72. The largest absolute Gasteiger partial charge is 0.359 e. The van der Waals surface area contributed by atoms with E-state index in [1.54, 1.807) is 22.7 Å². The molecule has 1 aromatic rings. The van der Waals surface area contributed by atoms with Crippen molar-refractivity contribution in [1.82, 2.24) is 10.2 Å². The van der Waals surface area contributed by atoms with Crippen LogP contribution in [-0.2, 0) is 19.1 Å². The number of nitrogens with one attached hydrogen (secondary N) is 2. The maximum absolute atomic E-state index is 13.8. The fraction of sp³-hybridized carbons (Fsp3) is 0.536. The summed E-state index contributed by atoms with van der Waals surface area (Å²) in [6.07, 6.45) is 9.91. The van der Waals surface area contributed by atoms with Gasteiger partial charge in [-0.2, -0.15) is 0 Å². The van der Waals surface area contributed by atoms with Crippen molar-refractivity contribution < 1.29 is 19.1 Å². The average molecular weight is 510 g/mol. The summed E-state index contributed by atoms with van der Waals surface area (Å²) in [6, 6.07) is 6.83. The number of likely N-dealkylation sites (tertiary alicyclic amines) is 1. The number of fused-ring (bicyclic) bond motifs is 1. The van der Waals surface area contributed by atoms with Crippen LogP contribution in [0.25, 0.3) is 0 Å². The summed E-state index contributed by atoms with van der Waals surface area (Å²) in [7, 11) is 0. The molecule has 192 valence electrons. The lowest BCUT2D eigenvalue weighted by atomic mass is 9.73. The lowest BCUT2D eigenvalue weighted by molar-refractivity contribution is -0.141. The van der Waals surface area contributed by atoms with Crippen molar-refractivity contribution >= 4 is 35.2 Å². The van der Waals surface area contributed by atoms with Crippen LogP contribution in [0.3, 0.4) is 0 Å². The Bertz CT molecular complexity index is 1110. The molecule has 3 aliphatic heterocycles. The van der Waals surface area contributed by atoms with Crippen molar-refractivity contribution in [2.45, 2.75) is 61.8 Å². The lowest BCUT2D eigenvalue weighted by Gasteiger charge is -2.37. The first-order chi connectivity index (χ1) is 17.3. The van der Waals surface area contributed by atoms with E-state index in [2.05, 4.69) is 31.1 Å². The number of amides is 3. The number of anilines is 1. The predicted octanol–water partition coefficient (Wildman–Crippen LogP) is 3.62. The molecule has 36 heavy (non-hydrogen) atoms. The number of nitrogens with zero attached hydrogens (tertiary/aromatic N) is 1. The Hall–Kier alpha value is -2.58. The Morgan fingerprint density at radius 3 is 2.83 bits per heavy atom. The Kier molecular flexibility index (Phi) is 6.76. The molecule has 1 spiro atoms. The summed E-state index contributed by atoms with van der Waals surface area (Å²) in [5.41, 5.74) is -0.475. The van der Waals surface area contributed by atoms with Gasteiger partial charge in [-0.15, -0.1) is 18.3 Å². The number of rotatable bonds is 7. The third kappa shape index (κ3) is 3.98. The Balaban J connectivity index is 1.42. The second kappa shape index (κ2) is 9.71. The summed E-state index contributed by atoms with van der Waals surface area (Å²) in [6.45, 7) is 8.43. The minimum absolute atomic E-state index is 0.0581. The molecule has 2 saturated heterocycles. The zero-order chi connectivity index (χ0) is 25.6. The van der Waals surface area contributed by atoms with E-state index in [9.17, 15) is 14.4 Å². The van der Waals surface area contributed by atoms with Crippen molar-refractivity contribution in [1.29, 1.82) is 0 Å². The zero-order valence-corrected chi connectivity index (χ0v) is 21.9. The quantitative estimate of drug-likeness (QED) is 0.433. The second-order valence-corrected chi connectivity index (χ2v) is 11.5. The van der Waals surface area contributed by atoms with Gasteiger partial charge in [0.05, 0.1) is 17.9 Å². The molecule has 3 fully saturated rings. The van der Waals surface area contributed by atoms with Crippen molar-refractivity contribution in [3.8, 4) is 0 Å². The Labute approximate surface area is 217 Å². The molecule has 5 rings (SSSR count). The predicted molar refractivity (Wildman–Crippen MR) is 140 cm³/mol. The summed E-state index contributed by atoms with van der Waals surface area (Å²) in [5.74, 6) is -1.29. The number of thioether (sulfide) groups is 1. The summed E-state index contributed by atoms with van der Waals surface area (Å²) in [4.78, 5) is 43.6. The van der Waals surface area contributed by atoms with Crippen LogP contribution in [0.2, 0.25) is 0 Å². The molecule has 8 atom stereocenters. The van der Waals surface area contributed by atoms with Crippen molar-refractivity contribution in [3.63, 3.8) is 0 Å². The normalized spacial score (nSPS) is 36.6. The van der Waals surface area contributed by atoms with Crippen LogP contribution in [-0.4, -0.2) is 59.2 Å². The van der Waals surface area contributed by atoms with Gasteiger partial charge in [0.1, 0.15) is 11.6 Å². The topological polar surface area (TPSA) is 87.7 Å². The van der Waals surface area contributed by atoms with Gasteiger partial charge in [-0.05, 0) is 42.7 Å². The minimum Gasteiger partial charge on any atom is -0.359 e. The smallest absolute Gasteiger partial charge is 0.246 e. The molecule has 0 radical (unpaired) electrons. The second-order valence-electron chi connectivity index (χ2n) is 10.6. The highest BCUT2D eigenvalue weighted by Crippen LogP contribution is 2.55. The highest BCUT2D eigenvalue weighted by atomic mass is 32.2. The lowest BCUT2D eigenvalue weighted by Crippen LogP contribution is -2.57. The molecule has 2 N–H and O–H groups in total. The van der Waals surface area contributed by atoms with Crippen molar-refractivity contribution in [3.05, 3.63) is 49.1 Å². The summed E-state index contributed by atoms with van der Waals surface area (Å²) < 4.78 is 6.38. The van der Waals surface area contributed by atoms with Gasteiger partial charge in [0, 0.05) is 23.2 Å². The van der Waals surface area contributed by atoms with E-state index in [4.69, 9.17) is 4.74 Å². The molecule has 3 amide bonds. The van der Waals surface area contributed by atoms with Gasteiger partial charge in [0.25, 0.3) is 0 Å². The number of hydrogen-bond donors (Lipinski definition) is 2. The van der Waals surface area contributed by atoms with Gasteiger partial charge in [0.15, 0.2) is 0 Å². The van der Waals surface area contributed by atoms with Crippen LogP contribution in [0, 0.1) is 23.7 Å². The molecule has 7 nitrogen and oxygen atoms in total. The first-order valence-corrected chi connectivity index (χ1v) is 14.1. The van der Waals surface area contributed by atoms with E-state index in [1.807, 2.05) is 42.7 Å². The van der Waals surface area contributed by atoms with Gasteiger partial charge < -0.3 is 20.3 Å². The minimum atomic E-state index is -1.15. The summed E-state index contributed by atoms with van der Waals surface area (Å²) >= 11 is 1.59. The molecule has 1 aliphatic carbocycles. The van der Waals surface area contributed by atoms with Crippen LogP contribution in [0.15, 0.2) is 54.0 Å². The van der Waals surface area contributed by atoms with E-state index >= 15 is 0 Å². The van der Waals surface area contributed by atoms with Crippen molar-refractivity contribution in [2.75, 3.05) is 18.1 Å². The molecular formula is C28H35N3O4S. The fourth-order valence-electron chi connectivity index (χ4n) is 6.58. The Morgan fingerprint density at radius 2 is 2.08 bits per heavy atom. The SMILES string of the molecule is C=CCN1C(=O)[C@@H]2[C@H](C(=O)Nc3cccc(SC)c3)[C@@H]3C=C[C@@]2(O3)[C@@H]1C(=O)N[C@@H]1CCC[C@@H](C)[C@@H]1C. The van der Waals surface area contributed by atoms with Gasteiger partial charge >= 0.3 is 0 Å². The fourth-order valence-corrected chi connectivity index (χ4v) is 7.04. The van der Waals surface area contributed by atoms with Crippen molar-refractivity contribution in [2.24, 2.45) is 23.7 Å². The van der Waals surface area contributed by atoms with Crippen LogP contribution >= 0.6 is 11.8 Å². The number of carbonyl (C=O) groups excluding carboxylic acids is 3. The van der Waals surface area contributed by atoms with E-state index in [-0.39, 0.29) is 30.3 Å². The van der Waals surface area contributed by atoms with E-state index in [0.29, 0.717) is 17.5 Å². The van der Waals surface area contributed by atoms with Gasteiger partial charge in [-0.1, -0.05) is 51.0 Å². The Morgan fingerprint density at radius 1 is 1.28 bits per heavy atom. The monoisotopic (exact) mass is 509 g/mol. The third-order valence-corrected chi connectivity index (χ3v) is 9.35. The van der Waals surface area contributed by atoms with Gasteiger partial charge in [-0.25, -0.2) is 0 Å². The maximum Gasteiger partial charge on any atom is 0.246 e. The standard InChI is InChI=1S/C28H35N3O4S/c1-5-14-31-24(26(33)30-20-11-6-8-16(2)17(20)3)28-13-12-21(35-28)22(23(28)27(31)34)25(32)29-18-9-7-10-19(15-18)36-4/h5,7,9-10,12-13,15-17,20-24H,1,6,8,11,14H2,2-4H3,(H,29,32)(H,30,33)/t16-,17+,20-,21+,22-,23+,24+,28+/m1/s1. The molecule has 1 aromatic carbocycles. The highest BCUT2D eigenvalue weighted by molar-refractivity contribution is 7.98. The number of carbonyl (C=O) groups is 3. The van der Waals surface area contributed by atoms with Crippen LogP contribution in [0.4, 0.5) is 5.69 Å². The first-order valence-electron chi connectivity index (χ1n) is 12.8.